The highest BCUT2D eigenvalue weighted by atomic mass is 32.2. The Balaban J connectivity index is 2.35. The lowest BCUT2D eigenvalue weighted by Crippen LogP contribution is -2.49. The van der Waals surface area contributed by atoms with E-state index in [2.05, 4.69) is 0 Å². The minimum absolute atomic E-state index is 0.267. The van der Waals surface area contributed by atoms with Crippen LogP contribution in [0.1, 0.15) is 11.1 Å². The van der Waals surface area contributed by atoms with E-state index in [1.165, 1.54) is 0 Å². The largest absolute Gasteiger partial charge is 0.548 e. The number of carboxylic acid groups (broad SMARTS) is 1. The fraction of sp³-hybridized carbons (Fsp3) is 0.188. The molecule has 0 aliphatic heterocycles. The number of carboxylic acids is 1. The predicted molar refractivity (Wildman–Crippen MR) is 80.7 cm³/mol. The van der Waals surface area contributed by atoms with Crippen molar-refractivity contribution in [3.63, 3.8) is 0 Å². The molecule has 0 amide bonds. The number of rotatable bonds is 6. The number of benzene rings is 2. The number of alkyl halides is 3. The van der Waals surface area contributed by atoms with Crippen LogP contribution in [0.3, 0.4) is 0 Å². The molecule has 0 radical (unpaired) electrons. The van der Waals surface area contributed by atoms with Gasteiger partial charge in [-0.1, -0.05) is 42.5 Å². The van der Waals surface area contributed by atoms with E-state index in [0.717, 1.165) is 18.2 Å². The summed E-state index contributed by atoms with van der Waals surface area (Å²) < 4.78 is 65.4. The van der Waals surface area contributed by atoms with Gasteiger partial charge in [-0.2, -0.15) is 13.2 Å². The van der Waals surface area contributed by atoms with Crippen LogP contribution in [0, 0.1) is 0 Å². The average molecular weight is 372 g/mol. The highest BCUT2D eigenvalue weighted by Gasteiger charge is 2.37. The number of halogens is 3. The second kappa shape index (κ2) is 7.24. The summed E-state index contributed by atoms with van der Waals surface area (Å²) in [6.07, 6.45) is -5.17. The van der Waals surface area contributed by atoms with Crippen molar-refractivity contribution in [2.45, 2.75) is 23.5 Å². The van der Waals surface area contributed by atoms with Crippen LogP contribution in [0.5, 0.6) is 0 Å². The molecule has 0 saturated carbocycles. The van der Waals surface area contributed by atoms with Gasteiger partial charge in [-0.15, -0.1) is 0 Å². The molecule has 1 N–H and O–H groups in total. The van der Waals surface area contributed by atoms with Gasteiger partial charge in [0.15, 0.2) is 0 Å². The molecule has 0 heterocycles. The molecular formula is C16H13F3NO4S-. The first-order valence-electron chi connectivity index (χ1n) is 7.04. The molecule has 0 aromatic heterocycles. The summed E-state index contributed by atoms with van der Waals surface area (Å²) in [6.45, 7) is 0. The minimum Gasteiger partial charge on any atom is -0.548 e. The summed E-state index contributed by atoms with van der Waals surface area (Å²) >= 11 is 0. The van der Waals surface area contributed by atoms with E-state index in [1.807, 2.05) is 0 Å². The Morgan fingerprint density at radius 3 is 2.16 bits per heavy atom. The summed E-state index contributed by atoms with van der Waals surface area (Å²) in [7, 11) is -4.73. The lowest BCUT2D eigenvalue weighted by atomic mass is 10.1. The van der Waals surface area contributed by atoms with Gasteiger partial charge in [0.2, 0.25) is 10.0 Å². The highest BCUT2D eigenvalue weighted by molar-refractivity contribution is 7.89. The summed E-state index contributed by atoms with van der Waals surface area (Å²) in [6, 6.07) is 9.87. The number of sulfonamides is 1. The SMILES string of the molecule is O=C([O-])[C@H](Cc1ccccc1)NS(=O)(=O)c1ccccc1C(F)(F)F. The van der Waals surface area contributed by atoms with Crippen LogP contribution in [0.25, 0.3) is 0 Å². The number of carbonyl (C=O) groups excluding carboxylic acids is 1. The number of hydrogen-bond donors (Lipinski definition) is 1. The Bertz CT molecular complexity index is 851. The van der Waals surface area contributed by atoms with E-state index < -0.39 is 38.7 Å². The van der Waals surface area contributed by atoms with E-state index in [4.69, 9.17) is 0 Å². The quantitative estimate of drug-likeness (QED) is 0.829. The molecule has 0 saturated heterocycles. The molecule has 9 heteroatoms. The molecule has 1 atom stereocenters. The zero-order valence-corrected chi connectivity index (χ0v) is 13.5. The number of nitrogens with one attached hydrogen (secondary N) is 1. The van der Waals surface area contributed by atoms with Crippen LogP contribution >= 0.6 is 0 Å². The van der Waals surface area contributed by atoms with Gasteiger partial charge in [-0.25, -0.2) is 13.1 Å². The smallest absolute Gasteiger partial charge is 0.417 e. The van der Waals surface area contributed by atoms with Crippen LogP contribution in [0.2, 0.25) is 0 Å². The van der Waals surface area contributed by atoms with Gasteiger partial charge in [-0.3, -0.25) is 0 Å². The maximum atomic E-state index is 13.0. The molecule has 0 fully saturated rings. The molecular weight excluding hydrogens is 359 g/mol. The number of carbonyl (C=O) groups is 1. The standard InChI is InChI=1S/C16H14F3NO4S/c17-16(18,19)12-8-4-5-9-14(12)25(23,24)20-13(15(21)22)10-11-6-2-1-3-7-11/h1-9,13,20H,10H2,(H,21,22)/p-1/t13-/m0/s1. The summed E-state index contributed by atoms with van der Waals surface area (Å²) in [5.74, 6) is -1.74. The Kier molecular flexibility index (Phi) is 5.48. The Morgan fingerprint density at radius 1 is 1.04 bits per heavy atom. The van der Waals surface area contributed by atoms with Crippen molar-refractivity contribution >= 4 is 16.0 Å². The molecule has 5 nitrogen and oxygen atoms in total. The Labute approximate surface area is 142 Å². The third-order valence-corrected chi connectivity index (χ3v) is 4.88. The second-order valence-electron chi connectivity index (χ2n) is 5.18. The maximum Gasteiger partial charge on any atom is 0.417 e. The van der Waals surface area contributed by atoms with Crippen molar-refractivity contribution in [3.05, 3.63) is 65.7 Å². The lowest BCUT2D eigenvalue weighted by molar-refractivity contribution is -0.307. The van der Waals surface area contributed by atoms with Gasteiger partial charge in [0.05, 0.1) is 22.5 Å². The zero-order chi connectivity index (χ0) is 18.7. The monoisotopic (exact) mass is 372 g/mol. The predicted octanol–water partition coefficient (Wildman–Crippen LogP) is 1.34. The van der Waals surface area contributed by atoms with E-state index in [-0.39, 0.29) is 6.42 Å². The Hall–Kier alpha value is -2.39. The molecule has 0 aliphatic carbocycles. The van der Waals surface area contributed by atoms with Gasteiger partial charge in [0, 0.05) is 0 Å². The molecule has 0 bridgehead atoms. The van der Waals surface area contributed by atoms with Crippen LogP contribution in [0.4, 0.5) is 13.2 Å². The van der Waals surface area contributed by atoms with Crippen molar-refractivity contribution in [2.24, 2.45) is 0 Å². The third kappa shape index (κ3) is 4.80. The fourth-order valence-corrected chi connectivity index (χ4v) is 3.62. The first-order valence-corrected chi connectivity index (χ1v) is 8.53. The van der Waals surface area contributed by atoms with Crippen molar-refractivity contribution in [1.82, 2.24) is 4.72 Å². The van der Waals surface area contributed by atoms with Gasteiger partial charge in [0.1, 0.15) is 0 Å². The Morgan fingerprint density at radius 2 is 1.60 bits per heavy atom. The normalized spacial score (nSPS) is 13.4. The number of aliphatic carboxylic acids is 1. The van der Waals surface area contributed by atoms with Crippen LogP contribution < -0.4 is 9.83 Å². The average Bonchev–Trinajstić information content (AvgIpc) is 2.54. The number of hydrogen-bond acceptors (Lipinski definition) is 4. The van der Waals surface area contributed by atoms with Crippen molar-refractivity contribution in [3.8, 4) is 0 Å². The molecule has 0 spiro atoms. The van der Waals surface area contributed by atoms with E-state index in [1.54, 1.807) is 35.1 Å². The maximum absolute atomic E-state index is 13.0. The van der Waals surface area contributed by atoms with E-state index in [0.29, 0.717) is 11.6 Å². The molecule has 134 valence electrons. The molecule has 0 aliphatic rings. The van der Waals surface area contributed by atoms with Gasteiger partial charge < -0.3 is 9.90 Å². The van der Waals surface area contributed by atoms with Crippen molar-refractivity contribution in [2.75, 3.05) is 0 Å². The van der Waals surface area contributed by atoms with Crippen LogP contribution in [0.15, 0.2) is 59.5 Å². The van der Waals surface area contributed by atoms with Gasteiger partial charge in [-0.05, 0) is 24.1 Å². The highest BCUT2D eigenvalue weighted by Crippen LogP contribution is 2.33. The van der Waals surface area contributed by atoms with E-state index >= 15 is 0 Å². The fourth-order valence-electron chi connectivity index (χ4n) is 2.21. The summed E-state index contributed by atoms with van der Waals surface area (Å²) in [4.78, 5) is 10.2. The molecule has 2 aromatic rings. The molecule has 2 rings (SSSR count). The van der Waals surface area contributed by atoms with Crippen LogP contribution in [-0.4, -0.2) is 20.4 Å². The minimum atomic E-state index is -4.90. The van der Waals surface area contributed by atoms with Crippen molar-refractivity contribution in [1.29, 1.82) is 0 Å². The van der Waals surface area contributed by atoms with Gasteiger partial charge >= 0.3 is 6.18 Å². The lowest BCUT2D eigenvalue weighted by Gasteiger charge is -2.21. The van der Waals surface area contributed by atoms with E-state index in [9.17, 15) is 31.5 Å². The third-order valence-electron chi connectivity index (χ3n) is 3.35. The molecule has 25 heavy (non-hydrogen) atoms. The summed E-state index contributed by atoms with van der Waals surface area (Å²) in [5.41, 5.74) is -0.886. The zero-order valence-electron chi connectivity index (χ0n) is 12.7. The molecule has 0 unspecified atom stereocenters. The first-order chi connectivity index (χ1) is 11.6. The van der Waals surface area contributed by atoms with Crippen molar-refractivity contribution < 1.29 is 31.5 Å². The van der Waals surface area contributed by atoms with Gasteiger partial charge in [0.25, 0.3) is 0 Å². The molecule has 2 aromatic carbocycles. The first kappa shape index (κ1) is 18.9. The summed E-state index contributed by atoms with van der Waals surface area (Å²) in [5, 5.41) is 11.2. The van der Waals surface area contributed by atoms with Crippen LogP contribution in [-0.2, 0) is 27.4 Å². The topological polar surface area (TPSA) is 86.3 Å². The second-order valence-corrected chi connectivity index (χ2v) is 6.86.